The zero-order valence-electron chi connectivity index (χ0n) is 14.0. The monoisotopic (exact) mass is 343 g/mol. The first kappa shape index (κ1) is 14.9. The third-order valence-corrected chi connectivity index (χ3v) is 4.87. The smallest absolute Gasteiger partial charge is 0.229 e. The van der Waals surface area contributed by atoms with Gasteiger partial charge in [-0.25, -0.2) is 9.67 Å². The summed E-state index contributed by atoms with van der Waals surface area (Å²) < 4.78 is 1.94. The van der Waals surface area contributed by atoms with Crippen molar-refractivity contribution in [3.8, 4) is 5.75 Å². The molecule has 6 heteroatoms. The number of hydrogen-bond donors (Lipinski definition) is 2. The van der Waals surface area contributed by atoms with Crippen LogP contribution < -0.4 is 5.32 Å². The largest absolute Gasteiger partial charge is 0.508 e. The van der Waals surface area contributed by atoms with Crippen molar-refractivity contribution in [1.82, 2.24) is 19.7 Å². The molecule has 1 atom stereocenters. The molecule has 1 unspecified atom stereocenters. The molecule has 1 aliphatic carbocycles. The topological polar surface area (TPSA) is 75.9 Å². The summed E-state index contributed by atoms with van der Waals surface area (Å²) in [5.74, 6) is 0.905. The summed E-state index contributed by atoms with van der Waals surface area (Å²) in [5.41, 5.74) is 3.86. The average Bonchev–Trinajstić information content (AvgIpc) is 3.27. The number of aromatic nitrogens is 4. The zero-order chi connectivity index (χ0) is 17.5. The molecule has 0 amide bonds. The summed E-state index contributed by atoms with van der Waals surface area (Å²) in [6, 6.07) is 15.6. The van der Waals surface area contributed by atoms with Crippen molar-refractivity contribution >= 4 is 22.7 Å². The molecule has 2 aromatic heterocycles. The van der Waals surface area contributed by atoms with Gasteiger partial charge in [0, 0.05) is 11.9 Å². The summed E-state index contributed by atoms with van der Waals surface area (Å²) in [6.45, 7) is 0. The van der Waals surface area contributed by atoms with Gasteiger partial charge in [-0.2, -0.15) is 10.1 Å². The van der Waals surface area contributed by atoms with Crippen LogP contribution in [0.1, 0.15) is 23.6 Å². The summed E-state index contributed by atoms with van der Waals surface area (Å²) in [5, 5.41) is 18.8. The SMILES string of the molecule is Oc1cccc2c1CCC2n1ncc2cnc(Nc3ccccc3)nc21. The van der Waals surface area contributed by atoms with Gasteiger partial charge >= 0.3 is 0 Å². The number of nitrogens with one attached hydrogen (secondary N) is 1. The quantitative estimate of drug-likeness (QED) is 0.591. The van der Waals surface area contributed by atoms with Gasteiger partial charge in [-0.05, 0) is 42.2 Å². The molecule has 6 nitrogen and oxygen atoms in total. The third kappa shape index (κ3) is 2.38. The van der Waals surface area contributed by atoms with E-state index in [2.05, 4.69) is 26.4 Å². The lowest BCUT2D eigenvalue weighted by Crippen LogP contribution is -2.10. The summed E-state index contributed by atoms with van der Waals surface area (Å²) in [6.07, 6.45) is 5.32. The number of aromatic hydroxyl groups is 1. The van der Waals surface area contributed by atoms with Gasteiger partial charge in [0.2, 0.25) is 5.95 Å². The maximum absolute atomic E-state index is 10.1. The highest BCUT2D eigenvalue weighted by Crippen LogP contribution is 2.39. The van der Waals surface area contributed by atoms with Crippen molar-refractivity contribution < 1.29 is 5.11 Å². The Labute approximate surface area is 150 Å². The van der Waals surface area contributed by atoms with Crippen LogP contribution >= 0.6 is 0 Å². The van der Waals surface area contributed by atoms with E-state index in [9.17, 15) is 5.11 Å². The predicted molar refractivity (Wildman–Crippen MR) is 99.6 cm³/mol. The number of rotatable bonds is 3. The Balaban J connectivity index is 1.56. The van der Waals surface area contributed by atoms with E-state index in [0.717, 1.165) is 40.7 Å². The van der Waals surface area contributed by atoms with Crippen LogP contribution in [0, 0.1) is 0 Å². The molecular weight excluding hydrogens is 326 g/mol. The van der Waals surface area contributed by atoms with Gasteiger partial charge in [-0.15, -0.1) is 0 Å². The van der Waals surface area contributed by atoms with Crippen LogP contribution in [0.4, 0.5) is 11.6 Å². The Morgan fingerprint density at radius 2 is 1.92 bits per heavy atom. The highest BCUT2D eigenvalue weighted by molar-refractivity contribution is 5.75. The van der Waals surface area contributed by atoms with Gasteiger partial charge in [-0.3, -0.25) is 0 Å². The number of para-hydroxylation sites is 1. The van der Waals surface area contributed by atoms with Crippen LogP contribution in [0.15, 0.2) is 60.9 Å². The fourth-order valence-electron chi connectivity index (χ4n) is 3.64. The fourth-order valence-corrected chi connectivity index (χ4v) is 3.64. The van der Waals surface area contributed by atoms with Crippen molar-refractivity contribution in [2.45, 2.75) is 18.9 Å². The minimum absolute atomic E-state index is 0.0778. The van der Waals surface area contributed by atoms with Crippen molar-refractivity contribution in [3.63, 3.8) is 0 Å². The molecule has 0 saturated carbocycles. The van der Waals surface area contributed by atoms with Gasteiger partial charge in [0.25, 0.3) is 0 Å². The van der Waals surface area contributed by atoms with Gasteiger partial charge in [-0.1, -0.05) is 30.3 Å². The predicted octanol–water partition coefficient (Wildman–Crippen LogP) is 3.81. The van der Waals surface area contributed by atoms with Crippen LogP contribution in [-0.4, -0.2) is 24.9 Å². The van der Waals surface area contributed by atoms with E-state index in [1.54, 1.807) is 18.5 Å². The van der Waals surface area contributed by atoms with E-state index >= 15 is 0 Å². The van der Waals surface area contributed by atoms with Crippen LogP contribution in [0.2, 0.25) is 0 Å². The minimum atomic E-state index is 0.0778. The first-order valence-electron chi connectivity index (χ1n) is 8.63. The lowest BCUT2D eigenvalue weighted by molar-refractivity contribution is 0.469. The standard InChI is InChI=1S/C20H17N5O/c26-18-8-4-7-15-16(18)9-10-17(15)25-19-13(12-22-25)11-21-20(24-19)23-14-5-2-1-3-6-14/h1-8,11-12,17,26H,9-10H2,(H,21,23,24). The summed E-state index contributed by atoms with van der Waals surface area (Å²) >= 11 is 0. The summed E-state index contributed by atoms with van der Waals surface area (Å²) in [7, 11) is 0. The first-order valence-corrected chi connectivity index (χ1v) is 8.63. The molecule has 0 bridgehead atoms. The number of nitrogens with zero attached hydrogens (tertiary/aromatic N) is 4. The minimum Gasteiger partial charge on any atom is -0.508 e. The van der Waals surface area contributed by atoms with Gasteiger partial charge in [0.15, 0.2) is 5.65 Å². The number of phenols is 1. The second-order valence-corrected chi connectivity index (χ2v) is 6.45. The van der Waals surface area contributed by atoms with E-state index in [1.807, 2.05) is 41.1 Å². The van der Waals surface area contributed by atoms with Gasteiger partial charge in [0.05, 0.1) is 17.6 Å². The molecule has 26 heavy (non-hydrogen) atoms. The Morgan fingerprint density at radius 3 is 2.81 bits per heavy atom. The lowest BCUT2D eigenvalue weighted by atomic mass is 10.1. The molecule has 0 saturated heterocycles. The van der Waals surface area contributed by atoms with E-state index in [4.69, 9.17) is 0 Å². The molecule has 0 radical (unpaired) electrons. The molecule has 0 aliphatic heterocycles. The zero-order valence-corrected chi connectivity index (χ0v) is 14.0. The number of benzene rings is 2. The van der Waals surface area contributed by atoms with Crippen LogP contribution in [0.3, 0.4) is 0 Å². The molecule has 2 N–H and O–H groups in total. The summed E-state index contributed by atoms with van der Waals surface area (Å²) in [4.78, 5) is 9.07. The Hall–Kier alpha value is -3.41. The van der Waals surface area contributed by atoms with Crippen molar-refractivity contribution in [1.29, 1.82) is 0 Å². The van der Waals surface area contributed by atoms with E-state index in [1.165, 1.54) is 0 Å². The Kier molecular flexibility index (Phi) is 3.35. The molecule has 0 spiro atoms. The molecule has 2 heterocycles. The second-order valence-electron chi connectivity index (χ2n) is 6.45. The highest BCUT2D eigenvalue weighted by atomic mass is 16.3. The van der Waals surface area contributed by atoms with E-state index in [0.29, 0.717) is 11.7 Å². The molecule has 5 rings (SSSR count). The number of phenolic OH excluding ortho intramolecular Hbond substituents is 1. The maximum Gasteiger partial charge on any atom is 0.229 e. The first-order chi connectivity index (χ1) is 12.8. The number of fused-ring (bicyclic) bond motifs is 2. The fraction of sp³-hybridized carbons (Fsp3) is 0.150. The van der Waals surface area contributed by atoms with E-state index < -0.39 is 0 Å². The van der Waals surface area contributed by atoms with Crippen molar-refractivity contribution in [3.05, 3.63) is 72.1 Å². The molecule has 0 fully saturated rings. The average molecular weight is 343 g/mol. The van der Waals surface area contributed by atoms with E-state index in [-0.39, 0.29) is 6.04 Å². The molecule has 128 valence electrons. The third-order valence-electron chi connectivity index (χ3n) is 4.87. The Morgan fingerprint density at radius 1 is 1.04 bits per heavy atom. The van der Waals surface area contributed by atoms with Crippen molar-refractivity contribution in [2.75, 3.05) is 5.32 Å². The van der Waals surface area contributed by atoms with Crippen molar-refractivity contribution in [2.24, 2.45) is 0 Å². The lowest BCUT2D eigenvalue weighted by Gasteiger charge is -2.14. The van der Waals surface area contributed by atoms with Crippen LogP contribution in [-0.2, 0) is 6.42 Å². The second kappa shape index (κ2) is 5.84. The van der Waals surface area contributed by atoms with Gasteiger partial charge < -0.3 is 10.4 Å². The maximum atomic E-state index is 10.1. The number of anilines is 2. The molecule has 2 aromatic carbocycles. The highest BCUT2D eigenvalue weighted by Gasteiger charge is 2.28. The molecule has 1 aliphatic rings. The number of hydrogen-bond acceptors (Lipinski definition) is 5. The molecule has 4 aromatic rings. The normalized spacial score (nSPS) is 15.9. The van der Waals surface area contributed by atoms with Crippen LogP contribution in [0.5, 0.6) is 5.75 Å². The molecular formula is C20H17N5O. The Bertz CT molecular complexity index is 1090. The van der Waals surface area contributed by atoms with Gasteiger partial charge in [0.1, 0.15) is 5.75 Å². The van der Waals surface area contributed by atoms with Crippen LogP contribution in [0.25, 0.3) is 11.0 Å².